The maximum absolute atomic E-state index is 13.4. The van der Waals surface area contributed by atoms with Crippen molar-refractivity contribution in [2.75, 3.05) is 39.4 Å². The average molecular weight is 550 g/mol. The zero-order chi connectivity index (χ0) is 28.2. The minimum atomic E-state index is -0.884. The number of hydroxylamine groups is 2. The summed E-state index contributed by atoms with van der Waals surface area (Å²) in [6.45, 7) is 6.99. The highest BCUT2D eigenvalue weighted by Gasteiger charge is 2.47. The molecule has 0 aliphatic carbocycles. The van der Waals surface area contributed by atoms with E-state index >= 15 is 0 Å². The van der Waals surface area contributed by atoms with Crippen molar-refractivity contribution in [3.8, 4) is 5.75 Å². The quantitative estimate of drug-likeness (QED) is 0.403. The van der Waals surface area contributed by atoms with E-state index in [1.807, 2.05) is 55.1 Å². The molecule has 1 saturated heterocycles. The molecule has 1 N–H and O–H groups in total. The zero-order valence-electron chi connectivity index (χ0n) is 23.4. The molecule has 2 amide bonds. The molecule has 1 fully saturated rings. The second-order valence-electron chi connectivity index (χ2n) is 10.9. The van der Waals surface area contributed by atoms with E-state index in [1.54, 1.807) is 4.90 Å². The number of ether oxygens (including phenoxy) is 1. The van der Waals surface area contributed by atoms with Crippen LogP contribution >= 0.6 is 0 Å². The Bertz CT molecular complexity index is 1250. The molecule has 0 spiro atoms. The maximum Gasteiger partial charge on any atom is 0.308 e. The van der Waals surface area contributed by atoms with Gasteiger partial charge in [-0.15, -0.1) is 0 Å². The third-order valence-electron chi connectivity index (χ3n) is 8.26. The second kappa shape index (κ2) is 12.4. The van der Waals surface area contributed by atoms with Gasteiger partial charge in [0, 0.05) is 50.1 Å². The first kappa shape index (κ1) is 28.1. The highest BCUT2D eigenvalue weighted by molar-refractivity contribution is 5.98. The predicted molar refractivity (Wildman–Crippen MR) is 149 cm³/mol. The largest absolute Gasteiger partial charge is 0.493 e. The third kappa shape index (κ3) is 5.71. The molecule has 3 unspecified atom stereocenters. The lowest BCUT2D eigenvalue weighted by Gasteiger charge is -2.30. The van der Waals surface area contributed by atoms with Crippen LogP contribution in [0.4, 0.5) is 0 Å². The van der Waals surface area contributed by atoms with E-state index in [1.165, 1.54) is 5.06 Å². The van der Waals surface area contributed by atoms with Gasteiger partial charge in [0.05, 0.1) is 25.7 Å². The Labute approximate surface area is 235 Å². The molecule has 0 radical (unpaired) electrons. The number of aliphatic carboxylic acids is 1. The number of hydrogen-bond acceptors (Lipinski definition) is 6. The van der Waals surface area contributed by atoms with Crippen LogP contribution in [-0.4, -0.2) is 83.2 Å². The van der Waals surface area contributed by atoms with E-state index in [4.69, 9.17) is 9.57 Å². The summed E-state index contributed by atoms with van der Waals surface area (Å²) in [5, 5.41) is 11.9. The average Bonchev–Trinajstić information content (AvgIpc) is 3.65. The summed E-state index contributed by atoms with van der Waals surface area (Å²) < 4.78 is 5.67. The fraction of sp³-hybridized carbons (Fsp3) is 0.516. The van der Waals surface area contributed by atoms with Crippen molar-refractivity contribution in [3.63, 3.8) is 0 Å². The first-order chi connectivity index (χ1) is 19.4. The molecule has 3 heterocycles. The van der Waals surface area contributed by atoms with Gasteiger partial charge in [-0.3, -0.25) is 24.1 Å². The molecule has 9 nitrogen and oxygen atoms in total. The number of amides is 2. The van der Waals surface area contributed by atoms with Crippen molar-refractivity contribution in [2.24, 2.45) is 5.92 Å². The summed E-state index contributed by atoms with van der Waals surface area (Å²) in [4.78, 5) is 48.8. The van der Waals surface area contributed by atoms with Crippen LogP contribution in [0.2, 0.25) is 0 Å². The summed E-state index contributed by atoms with van der Waals surface area (Å²) in [6.07, 6.45) is 2.81. The number of likely N-dealkylation sites (tertiary alicyclic amines) is 1. The number of carbonyl (C=O) groups is 3. The number of fused-ring (bicyclic) bond motifs is 2. The summed E-state index contributed by atoms with van der Waals surface area (Å²) in [5.74, 6) is -1.23. The van der Waals surface area contributed by atoms with Crippen molar-refractivity contribution in [1.82, 2.24) is 14.9 Å². The maximum atomic E-state index is 13.4. The van der Waals surface area contributed by atoms with Crippen LogP contribution in [0.5, 0.6) is 5.75 Å². The van der Waals surface area contributed by atoms with E-state index in [0.29, 0.717) is 51.4 Å². The van der Waals surface area contributed by atoms with Crippen LogP contribution in [0.25, 0.3) is 0 Å². The van der Waals surface area contributed by atoms with Gasteiger partial charge in [0.2, 0.25) is 0 Å². The molecule has 2 aromatic carbocycles. The number of carbonyl (C=O) groups excluding carboxylic acids is 2. The molecule has 0 aromatic heterocycles. The first-order valence-electron chi connectivity index (χ1n) is 14.4. The second-order valence-corrected chi connectivity index (χ2v) is 10.9. The molecule has 214 valence electrons. The molecule has 5 rings (SSSR count). The van der Waals surface area contributed by atoms with Crippen LogP contribution < -0.4 is 4.74 Å². The molecule has 0 saturated carbocycles. The van der Waals surface area contributed by atoms with Gasteiger partial charge in [-0.25, -0.2) is 5.06 Å². The Morgan fingerprint density at radius 2 is 1.95 bits per heavy atom. The van der Waals surface area contributed by atoms with E-state index in [2.05, 4.69) is 6.07 Å². The van der Waals surface area contributed by atoms with Gasteiger partial charge in [-0.1, -0.05) is 44.2 Å². The Hall–Kier alpha value is -3.43. The fourth-order valence-electron chi connectivity index (χ4n) is 6.33. The minimum Gasteiger partial charge on any atom is -0.493 e. The van der Waals surface area contributed by atoms with Gasteiger partial charge >= 0.3 is 5.97 Å². The topological polar surface area (TPSA) is 99.6 Å². The smallest absolute Gasteiger partial charge is 0.308 e. The fourth-order valence-corrected chi connectivity index (χ4v) is 6.33. The molecule has 9 heteroatoms. The number of hydrogen-bond donors (Lipinski definition) is 1. The van der Waals surface area contributed by atoms with Crippen LogP contribution in [-0.2, 0) is 27.4 Å². The monoisotopic (exact) mass is 549 g/mol. The highest BCUT2D eigenvalue weighted by Crippen LogP contribution is 2.41. The molecule has 3 atom stereocenters. The number of benzene rings is 2. The van der Waals surface area contributed by atoms with Gasteiger partial charge < -0.3 is 14.7 Å². The number of carboxylic acids is 1. The van der Waals surface area contributed by atoms with Gasteiger partial charge in [-0.2, -0.15) is 0 Å². The van der Waals surface area contributed by atoms with Crippen molar-refractivity contribution in [2.45, 2.75) is 58.0 Å². The molecule has 3 aliphatic rings. The van der Waals surface area contributed by atoms with E-state index in [-0.39, 0.29) is 24.3 Å². The van der Waals surface area contributed by atoms with Gasteiger partial charge in [0.25, 0.3) is 11.8 Å². The van der Waals surface area contributed by atoms with E-state index in [9.17, 15) is 19.5 Å². The third-order valence-corrected chi connectivity index (χ3v) is 8.26. The number of nitrogens with zero attached hydrogens (tertiary/aromatic N) is 3. The van der Waals surface area contributed by atoms with Gasteiger partial charge in [-0.05, 0) is 48.1 Å². The van der Waals surface area contributed by atoms with Gasteiger partial charge in [0.1, 0.15) is 5.75 Å². The molecule has 3 aliphatic heterocycles. The van der Waals surface area contributed by atoms with Crippen LogP contribution in [0, 0.1) is 5.92 Å². The van der Waals surface area contributed by atoms with Crippen molar-refractivity contribution < 1.29 is 29.1 Å². The lowest BCUT2D eigenvalue weighted by molar-refractivity contribution is -0.188. The van der Waals surface area contributed by atoms with Crippen molar-refractivity contribution >= 4 is 17.8 Å². The number of carboxylic acid groups (broad SMARTS) is 1. The summed E-state index contributed by atoms with van der Waals surface area (Å²) in [6, 6.07) is 13.1. The summed E-state index contributed by atoms with van der Waals surface area (Å²) in [5.41, 5.74) is 3.74. The molecule has 40 heavy (non-hydrogen) atoms. The van der Waals surface area contributed by atoms with Crippen molar-refractivity contribution in [3.05, 3.63) is 64.7 Å². The first-order valence-corrected chi connectivity index (χ1v) is 14.4. The van der Waals surface area contributed by atoms with Crippen LogP contribution in [0.15, 0.2) is 42.5 Å². The molecular formula is C31H39N3O6. The normalized spacial score (nSPS) is 21.8. The standard InChI is InChI=1S/C31H39N3O6/c1-3-13-34(40-15-4-2)28(35)20-33-19-25(21-9-10-27-22(17-21)12-16-39-27)29(31(37)38)26(33)11-14-32-18-23-7-5-6-8-24(23)30(32)36/h5-10,17,25-26,29H,3-4,11-16,18-20H2,1-2H3,(H,37,38). The Morgan fingerprint density at radius 3 is 2.70 bits per heavy atom. The predicted octanol–water partition coefficient (Wildman–Crippen LogP) is 3.72. The van der Waals surface area contributed by atoms with Gasteiger partial charge in [0.15, 0.2) is 0 Å². The minimum absolute atomic E-state index is 0.0274. The lowest BCUT2D eigenvalue weighted by atomic mass is 9.83. The Balaban J connectivity index is 1.39. The zero-order valence-corrected chi connectivity index (χ0v) is 23.4. The highest BCUT2D eigenvalue weighted by atomic mass is 16.7. The van der Waals surface area contributed by atoms with Crippen LogP contribution in [0.1, 0.15) is 66.1 Å². The SMILES string of the molecule is CCCON(CCC)C(=O)CN1CC(c2ccc3c(c2)CCO3)C(C(=O)O)C1CCN1Cc2ccccc2C1=O. The summed E-state index contributed by atoms with van der Waals surface area (Å²) >= 11 is 0. The Morgan fingerprint density at radius 1 is 1.12 bits per heavy atom. The van der Waals surface area contributed by atoms with E-state index in [0.717, 1.165) is 41.7 Å². The Kier molecular flexibility index (Phi) is 8.71. The van der Waals surface area contributed by atoms with Crippen LogP contribution in [0.3, 0.4) is 0 Å². The summed E-state index contributed by atoms with van der Waals surface area (Å²) in [7, 11) is 0. The lowest BCUT2D eigenvalue weighted by Crippen LogP contribution is -2.45. The van der Waals surface area contributed by atoms with Crippen molar-refractivity contribution in [1.29, 1.82) is 0 Å². The molecule has 0 bridgehead atoms. The number of rotatable bonds is 12. The molecule has 2 aromatic rings. The molecular weight excluding hydrogens is 510 g/mol. The van der Waals surface area contributed by atoms with E-state index < -0.39 is 17.9 Å².